The Bertz CT molecular complexity index is 986. The molecule has 1 amide bonds. The predicted octanol–water partition coefficient (Wildman–Crippen LogP) is -0.219. The lowest BCUT2D eigenvalue weighted by atomic mass is 9.72. The van der Waals surface area contributed by atoms with Crippen LogP contribution < -0.4 is 10.0 Å². The normalized spacial score (nSPS) is 28.0. The van der Waals surface area contributed by atoms with Crippen LogP contribution in [0.15, 0.2) is 12.1 Å². The lowest BCUT2D eigenvalue weighted by Gasteiger charge is -2.47. The summed E-state index contributed by atoms with van der Waals surface area (Å²) in [6.45, 7) is 4.35. The predicted molar refractivity (Wildman–Crippen MR) is 93.3 cm³/mol. The minimum atomic E-state index is -3.40. The third-order valence-electron chi connectivity index (χ3n) is 5.00. The number of carbonyl (C=O) groups excluding carboxylic acids is 1. The second-order valence-electron chi connectivity index (χ2n) is 7.04. The van der Waals surface area contributed by atoms with Crippen LogP contribution in [-0.2, 0) is 14.8 Å². The maximum absolute atomic E-state index is 12.7. The summed E-state index contributed by atoms with van der Waals surface area (Å²) in [4.78, 5) is 17.1. The van der Waals surface area contributed by atoms with Crippen LogP contribution in [0.5, 0.6) is 0 Å². The fraction of sp³-hybridized carbons (Fsp3) is 0.562. The molecular weight excluding hydrogens is 358 g/mol. The van der Waals surface area contributed by atoms with E-state index in [2.05, 4.69) is 20.1 Å². The van der Waals surface area contributed by atoms with Crippen LogP contribution in [0.1, 0.15) is 28.3 Å². The van der Waals surface area contributed by atoms with Gasteiger partial charge in [-0.05, 0) is 26.3 Å². The van der Waals surface area contributed by atoms with Gasteiger partial charge in [-0.1, -0.05) is 0 Å². The van der Waals surface area contributed by atoms with E-state index in [9.17, 15) is 13.2 Å². The molecule has 9 nitrogen and oxygen atoms in total. The first-order chi connectivity index (χ1) is 12.2. The smallest absolute Gasteiger partial charge is 0.272 e. The molecule has 4 rings (SSSR count). The van der Waals surface area contributed by atoms with Crippen LogP contribution in [0.4, 0.5) is 0 Å². The molecule has 10 heteroatoms. The van der Waals surface area contributed by atoms with Crippen molar-refractivity contribution in [1.29, 1.82) is 0 Å². The molecule has 0 bridgehead atoms. The highest BCUT2D eigenvalue weighted by Gasteiger charge is 2.55. The largest absolute Gasteiger partial charge is 0.376 e. The zero-order valence-corrected chi connectivity index (χ0v) is 15.6. The van der Waals surface area contributed by atoms with Gasteiger partial charge in [0.2, 0.25) is 10.0 Å². The number of aryl methyl sites for hydroxylation is 2. The molecule has 26 heavy (non-hydrogen) atoms. The van der Waals surface area contributed by atoms with Gasteiger partial charge in [0.05, 0.1) is 24.4 Å². The second kappa shape index (κ2) is 6.00. The van der Waals surface area contributed by atoms with E-state index in [0.29, 0.717) is 12.3 Å². The maximum Gasteiger partial charge on any atom is 0.272 e. The Morgan fingerprint density at radius 1 is 1.31 bits per heavy atom. The first-order valence-corrected chi connectivity index (χ1v) is 10.4. The lowest BCUT2D eigenvalue weighted by molar-refractivity contribution is -0.0194. The molecule has 2 aromatic heterocycles. The molecule has 0 spiro atoms. The number of carbonyl (C=O) groups is 1. The summed E-state index contributed by atoms with van der Waals surface area (Å²) < 4.78 is 33.0. The standard InChI is InChI=1S/C16H21N5O4S/c1-8-6-9(2)21-12(17-8)7-11(19-21)16(22)18-13-10-4-5-25-15(10)14(13)20-26(3,23)24/h6-7,10,13-15,20H,4-5H2,1-3H3,(H,18,22)/t10-,13+,14-,15-/m0/s1. The van der Waals surface area contributed by atoms with Gasteiger partial charge in [0.15, 0.2) is 11.3 Å². The zero-order chi connectivity index (χ0) is 18.6. The molecule has 2 fully saturated rings. The molecule has 0 radical (unpaired) electrons. The van der Waals surface area contributed by atoms with Gasteiger partial charge >= 0.3 is 0 Å². The molecule has 1 aliphatic heterocycles. The monoisotopic (exact) mass is 379 g/mol. The molecule has 140 valence electrons. The van der Waals surface area contributed by atoms with Crippen molar-refractivity contribution in [2.75, 3.05) is 12.9 Å². The average molecular weight is 379 g/mol. The first-order valence-electron chi connectivity index (χ1n) is 8.47. The SMILES string of the molecule is Cc1cc(C)n2nc(C(=O)N[C@@H]3[C@@H]4CCO[C@@H]4[C@H]3NS(C)(=O)=O)cc2n1. The average Bonchev–Trinajstić information content (AvgIpc) is 3.14. The molecule has 2 aliphatic rings. The Morgan fingerprint density at radius 3 is 2.81 bits per heavy atom. The summed E-state index contributed by atoms with van der Waals surface area (Å²) in [6, 6.07) is 2.75. The van der Waals surface area contributed by atoms with Crippen LogP contribution in [-0.4, -0.2) is 60.0 Å². The van der Waals surface area contributed by atoms with E-state index in [1.54, 1.807) is 10.6 Å². The highest BCUT2D eigenvalue weighted by atomic mass is 32.2. The van der Waals surface area contributed by atoms with E-state index in [0.717, 1.165) is 24.1 Å². The summed E-state index contributed by atoms with van der Waals surface area (Å²) in [6.07, 6.45) is 1.71. The first kappa shape index (κ1) is 17.4. The molecule has 3 heterocycles. The molecule has 2 aromatic rings. The Balaban J connectivity index is 1.56. The molecular formula is C16H21N5O4S. The van der Waals surface area contributed by atoms with E-state index >= 15 is 0 Å². The van der Waals surface area contributed by atoms with Crippen molar-refractivity contribution in [2.45, 2.75) is 38.5 Å². The van der Waals surface area contributed by atoms with Crippen molar-refractivity contribution in [3.8, 4) is 0 Å². The minimum absolute atomic E-state index is 0.109. The topological polar surface area (TPSA) is 115 Å². The van der Waals surface area contributed by atoms with Gasteiger partial charge in [0.25, 0.3) is 5.91 Å². The van der Waals surface area contributed by atoms with Crippen molar-refractivity contribution in [3.05, 3.63) is 29.2 Å². The molecule has 0 aromatic carbocycles. The molecule has 4 atom stereocenters. The lowest BCUT2D eigenvalue weighted by Crippen LogP contribution is -2.70. The van der Waals surface area contributed by atoms with E-state index in [1.807, 2.05) is 19.9 Å². The van der Waals surface area contributed by atoms with Crippen LogP contribution in [0, 0.1) is 19.8 Å². The highest BCUT2D eigenvalue weighted by molar-refractivity contribution is 7.88. The Morgan fingerprint density at radius 2 is 2.08 bits per heavy atom. The Labute approximate surface area is 151 Å². The van der Waals surface area contributed by atoms with Crippen molar-refractivity contribution in [1.82, 2.24) is 24.6 Å². The summed E-state index contributed by atoms with van der Waals surface area (Å²) >= 11 is 0. The number of ether oxygens (including phenoxy) is 1. The van der Waals surface area contributed by atoms with E-state index < -0.39 is 16.1 Å². The number of hydrogen-bond donors (Lipinski definition) is 2. The quantitative estimate of drug-likeness (QED) is 0.759. The van der Waals surface area contributed by atoms with Crippen LogP contribution in [0.3, 0.4) is 0 Å². The van der Waals surface area contributed by atoms with Gasteiger partial charge < -0.3 is 10.1 Å². The van der Waals surface area contributed by atoms with Crippen molar-refractivity contribution >= 4 is 21.6 Å². The molecule has 0 unspecified atom stereocenters. The third-order valence-corrected chi connectivity index (χ3v) is 5.70. The number of nitrogens with one attached hydrogen (secondary N) is 2. The van der Waals surface area contributed by atoms with Crippen LogP contribution in [0.25, 0.3) is 5.65 Å². The summed E-state index contributed by atoms with van der Waals surface area (Å²) in [5.41, 5.74) is 2.60. The second-order valence-corrected chi connectivity index (χ2v) is 8.82. The van der Waals surface area contributed by atoms with Gasteiger partial charge in [-0.2, -0.15) is 5.10 Å². The Kier molecular flexibility index (Phi) is 4.01. The molecule has 1 saturated carbocycles. The molecule has 1 aliphatic carbocycles. The van der Waals surface area contributed by atoms with Gasteiger partial charge in [-0.25, -0.2) is 22.6 Å². The number of sulfonamides is 1. The maximum atomic E-state index is 12.7. The number of fused-ring (bicyclic) bond motifs is 2. The van der Waals surface area contributed by atoms with Crippen molar-refractivity contribution in [3.63, 3.8) is 0 Å². The number of hydrogen-bond acceptors (Lipinski definition) is 6. The summed E-state index contributed by atoms with van der Waals surface area (Å²) in [5, 5.41) is 7.24. The number of rotatable bonds is 4. The minimum Gasteiger partial charge on any atom is -0.376 e. The van der Waals surface area contributed by atoms with E-state index in [4.69, 9.17) is 4.74 Å². The van der Waals surface area contributed by atoms with E-state index in [-0.39, 0.29) is 29.7 Å². The number of amides is 1. The van der Waals surface area contributed by atoms with Gasteiger partial charge in [-0.3, -0.25) is 4.79 Å². The Hall–Kier alpha value is -2.04. The zero-order valence-electron chi connectivity index (χ0n) is 14.8. The number of aromatic nitrogens is 3. The number of nitrogens with zero attached hydrogens (tertiary/aromatic N) is 3. The van der Waals surface area contributed by atoms with Gasteiger partial charge in [0.1, 0.15) is 0 Å². The summed E-state index contributed by atoms with van der Waals surface area (Å²) in [7, 11) is -3.40. The summed E-state index contributed by atoms with van der Waals surface area (Å²) in [5.74, 6) is -0.236. The van der Waals surface area contributed by atoms with Crippen LogP contribution in [0.2, 0.25) is 0 Å². The fourth-order valence-electron chi connectivity index (χ4n) is 3.91. The van der Waals surface area contributed by atoms with Gasteiger partial charge in [-0.15, -0.1) is 0 Å². The molecule has 2 N–H and O–H groups in total. The third kappa shape index (κ3) is 2.97. The van der Waals surface area contributed by atoms with Crippen molar-refractivity contribution < 1.29 is 17.9 Å². The van der Waals surface area contributed by atoms with Crippen molar-refractivity contribution in [2.24, 2.45) is 5.92 Å². The van der Waals surface area contributed by atoms with E-state index in [1.165, 1.54) is 0 Å². The van der Waals surface area contributed by atoms with Gasteiger partial charge in [0, 0.05) is 30.0 Å². The highest BCUT2D eigenvalue weighted by Crippen LogP contribution is 2.39. The van der Waals surface area contributed by atoms with Crippen LogP contribution >= 0.6 is 0 Å². The fourth-order valence-corrected chi connectivity index (χ4v) is 4.69. The molecule has 1 saturated heterocycles.